The zero-order valence-electron chi connectivity index (χ0n) is 15.5. The Hall–Kier alpha value is -2.57. The van der Waals surface area contributed by atoms with Gasteiger partial charge in [-0.05, 0) is 12.5 Å². The normalized spacial score (nSPS) is 14.1. The van der Waals surface area contributed by atoms with Crippen molar-refractivity contribution in [1.29, 1.82) is 0 Å². The third kappa shape index (κ3) is 4.07. The summed E-state index contributed by atoms with van der Waals surface area (Å²) in [4.78, 5) is 22.8. The number of methoxy groups -OCH3 is 2. The van der Waals surface area contributed by atoms with E-state index in [-0.39, 0.29) is 12.5 Å². The molecule has 0 saturated carbocycles. The van der Waals surface area contributed by atoms with Crippen molar-refractivity contribution in [2.45, 2.75) is 38.5 Å². The maximum Gasteiger partial charge on any atom is 0.261 e. The number of thiophene rings is 1. The van der Waals surface area contributed by atoms with E-state index in [1.165, 1.54) is 11.3 Å². The van der Waals surface area contributed by atoms with Crippen molar-refractivity contribution >= 4 is 27.5 Å². The highest BCUT2D eigenvalue weighted by atomic mass is 32.1. The zero-order chi connectivity index (χ0) is 19.4. The lowest BCUT2D eigenvalue weighted by atomic mass is 10.0. The van der Waals surface area contributed by atoms with Gasteiger partial charge in [0.1, 0.15) is 11.4 Å². The Morgan fingerprint density at radius 1 is 1.30 bits per heavy atom. The minimum atomic E-state index is -0.404. The fourth-order valence-corrected chi connectivity index (χ4v) is 3.93. The number of rotatable bonds is 9. The first-order valence-electron chi connectivity index (χ1n) is 8.52. The molecule has 3 rings (SSSR count). The maximum atomic E-state index is 12.7. The number of aryl methyl sites for hydroxylation is 1. The van der Waals surface area contributed by atoms with Crippen LogP contribution in [0.5, 0.6) is 5.88 Å². The number of ether oxygens (including phenoxy) is 2. The van der Waals surface area contributed by atoms with E-state index in [9.17, 15) is 4.79 Å². The van der Waals surface area contributed by atoms with Crippen LogP contribution < -0.4 is 10.1 Å². The van der Waals surface area contributed by atoms with E-state index >= 15 is 0 Å². The van der Waals surface area contributed by atoms with E-state index in [1.807, 2.05) is 6.92 Å². The van der Waals surface area contributed by atoms with Gasteiger partial charge in [0.05, 0.1) is 17.4 Å². The van der Waals surface area contributed by atoms with Gasteiger partial charge in [0.25, 0.3) is 5.91 Å². The average Bonchev–Trinajstić information content (AvgIpc) is 3.35. The van der Waals surface area contributed by atoms with Gasteiger partial charge in [-0.2, -0.15) is 15.2 Å². The fourth-order valence-electron chi connectivity index (χ4n) is 2.83. The molecule has 0 bridgehead atoms. The summed E-state index contributed by atoms with van der Waals surface area (Å²) in [6, 6.07) is 0. The van der Waals surface area contributed by atoms with Gasteiger partial charge < -0.3 is 14.8 Å². The van der Waals surface area contributed by atoms with E-state index in [2.05, 4.69) is 31.4 Å². The summed E-state index contributed by atoms with van der Waals surface area (Å²) in [6.45, 7) is 2.62. The van der Waals surface area contributed by atoms with E-state index < -0.39 is 5.66 Å². The van der Waals surface area contributed by atoms with Crippen LogP contribution in [0, 0.1) is 19.3 Å². The number of amides is 1. The van der Waals surface area contributed by atoms with Crippen molar-refractivity contribution in [3.63, 3.8) is 0 Å². The Labute approximate surface area is 161 Å². The summed E-state index contributed by atoms with van der Waals surface area (Å²) in [5.41, 5.74) is 0.398. The van der Waals surface area contributed by atoms with Crippen LogP contribution in [-0.2, 0) is 11.3 Å². The van der Waals surface area contributed by atoms with Gasteiger partial charge in [-0.15, -0.1) is 23.7 Å². The van der Waals surface area contributed by atoms with Gasteiger partial charge in [-0.1, -0.05) is 0 Å². The molecule has 8 nitrogen and oxygen atoms in total. The summed E-state index contributed by atoms with van der Waals surface area (Å²) in [5, 5.41) is 11.8. The molecule has 9 heteroatoms. The minimum Gasteiger partial charge on any atom is -0.480 e. The van der Waals surface area contributed by atoms with Crippen molar-refractivity contribution in [1.82, 2.24) is 15.3 Å². The topological polar surface area (TPSA) is 98.1 Å². The number of hydrogen-bond acceptors (Lipinski definition) is 8. The lowest BCUT2D eigenvalue weighted by Crippen LogP contribution is -2.28. The fraction of sp³-hybridized carbons (Fsp3) is 0.500. The van der Waals surface area contributed by atoms with Crippen LogP contribution in [0.3, 0.4) is 0 Å². The van der Waals surface area contributed by atoms with Crippen LogP contribution in [0.15, 0.2) is 10.2 Å². The molecule has 0 atom stereocenters. The van der Waals surface area contributed by atoms with Crippen molar-refractivity contribution < 1.29 is 14.3 Å². The van der Waals surface area contributed by atoms with Gasteiger partial charge in [0.2, 0.25) is 5.88 Å². The molecule has 0 saturated heterocycles. The maximum absolute atomic E-state index is 12.7. The Morgan fingerprint density at radius 2 is 2.07 bits per heavy atom. The molecular formula is C18H21N5O3S. The first-order valence-corrected chi connectivity index (χ1v) is 9.34. The zero-order valence-corrected chi connectivity index (χ0v) is 16.4. The van der Waals surface area contributed by atoms with Crippen molar-refractivity contribution in [2.75, 3.05) is 20.8 Å². The third-order valence-electron chi connectivity index (χ3n) is 4.34. The predicted molar refractivity (Wildman–Crippen MR) is 102 cm³/mol. The van der Waals surface area contributed by atoms with Crippen LogP contribution in [0.2, 0.25) is 0 Å². The third-order valence-corrected chi connectivity index (χ3v) is 5.52. The second-order valence-corrected chi connectivity index (χ2v) is 7.21. The van der Waals surface area contributed by atoms with E-state index in [0.29, 0.717) is 40.8 Å². The molecule has 0 spiro atoms. The van der Waals surface area contributed by atoms with Crippen molar-refractivity contribution in [3.8, 4) is 18.2 Å². The standard InChI is InChI=1S/C18H21N5O3S/c1-5-6-7-18(22-23-18)8-9-19-15(24)14-11(2)13-16(26-4)20-12(10-25-3)21-17(13)27-14/h1H,6-10H2,2-4H3,(H,19,24). The molecular weight excluding hydrogens is 366 g/mol. The Morgan fingerprint density at radius 3 is 2.70 bits per heavy atom. The highest BCUT2D eigenvalue weighted by molar-refractivity contribution is 7.20. The molecule has 0 fully saturated rings. The molecule has 3 heterocycles. The first kappa shape index (κ1) is 19.2. The number of hydrogen-bond donors (Lipinski definition) is 1. The Kier molecular flexibility index (Phi) is 5.68. The SMILES string of the molecule is C#CCCC1(CCNC(=O)c2sc3nc(COC)nc(OC)c3c2C)N=N1. The average molecular weight is 387 g/mol. The molecule has 2 aromatic rings. The van der Waals surface area contributed by atoms with E-state index in [4.69, 9.17) is 15.9 Å². The van der Waals surface area contributed by atoms with E-state index in [1.54, 1.807) is 14.2 Å². The van der Waals surface area contributed by atoms with Crippen LogP contribution in [0.4, 0.5) is 0 Å². The van der Waals surface area contributed by atoms with Gasteiger partial charge >= 0.3 is 0 Å². The molecule has 0 aromatic carbocycles. The molecule has 1 aliphatic heterocycles. The van der Waals surface area contributed by atoms with Gasteiger partial charge in [-0.3, -0.25) is 4.79 Å². The number of carbonyl (C=O) groups is 1. The van der Waals surface area contributed by atoms with Crippen molar-refractivity contribution in [3.05, 3.63) is 16.3 Å². The minimum absolute atomic E-state index is 0.154. The highest BCUT2D eigenvalue weighted by Crippen LogP contribution is 2.37. The van der Waals surface area contributed by atoms with Gasteiger partial charge in [-0.25, -0.2) is 4.98 Å². The number of nitrogens with one attached hydrogen (secondary N) is 1. The lowest BCUT2D eigenvalue weighted by molar-refractivity contribution is 0.0955. The first-order chi connectivity index (χ1) is 13.0. The second kappa shape index (κ2) is 7.98. The number of terminal acetylenes is 1. The highest BCUT2D eigenvalue weighted by Gasteiger charge is 2.38. The van der Waals surface area contributed by atoms with Gasteiger partial charge in [0, 0.05) is 32.9 Å². The summed E-state index contributed by atoms with van der Waals surface area (Å²) in [5.74, 6) is 3.41. The number of aromatic nitrogens is 2. The van der Waals surface area contributed by atoms with Crippen LogP contribution in [-0.4, -0.2) is 42.3 Å². The summed E-state index contributed by atoms with van der Waals surface area (Å²) >= 11 is 1.32. The molecule has 0 radical (unpaired) electrons. The van der Waals surface area contributed by atoms with Crippen LogP contribution in [0.1, 0.15) is 40.3 Å². The monoisotopic (exact) mass is 387 g/mol. The molecule has 2 aromatic heterocycles. The quantitative estimate of drug-likeness (QED) is 0.667. The Balaban J connectivity index is 1.73. The summed E-state index contributed by atoms with van der Waals surface area (Å²) in [7, 11) is 3.13. The Bertz CT molecular complexity index is 925. The smallest absolute Gasteiger partial charge is 0.261 e. The molecule has 0 unspecified atom stereocenters. The molecule has 1 N–H and O–H groups in total. The number of fused-ring (bicyclic) bond motifs is 1. The lowest BCUT2D eigenvalue weighted by Gasteiger charge is -2.09. The van der Waals surface area contributed by atoms with Crippen LogP contribution >= 0.6 is 11.3 Å². The summed E-state index contributed by atoms with van der Waals surface area (Å²) < 4.78 is 10.5. The molecule has 27 heavy (non-hydrogen) atoms. The van der Waals surface area contributed by atoms with Crippen LogP contribution in [0.25, 0.3) is 10.2 Å². The number of carbonyl (C=O) groups excluding carboxylic acids is 1. The molecule has 1 amide bonds. The van der Waals surface area contributed by atoms with Crippen molar-refractivity contribution in [2.24, 2.45) is 10.2 Å². The molecule has 1 aliphatic rings. The molecule has 0 aliphatic carbocycles. The number of nitrogens with zero attached hydrogens (tertiary/aromatic N) is 4. The van der Waals surface area contributed by atoms with Gasteiger partial charge in [0.15, 0.2) is 11.5 Å². The summed E-state index contributed by atoms with van der Waals surface area (Å²) in [6.07, 6.45) is 7.28. The molecule has 142 valence electrons. The van der Waals surface area contributed by atoms with E-state index in [0.717, 1.165) is 17.4 Å². The largest absolute Gasteiger partial charge is 0.480 e. The predicted octanol–water partition coefficient (Wildman–Crippen LogP) is 2.85. The second-order valence-electron chi connectivity index (χ2n) is 6.21.